The molecule has 2 aromatic rings. The van der Waals surface area contributed by atoms with Crippen molar-refractivity contribution in [2.45, 2.75) is 19.8 Å². The number of nitrogens with one attached hydrogen (secondary N) is 1. The van der Waals surface area contributed by atoms with Crippen LogP contribution in [0.5, 0.6) is 0 Å². The van der Waals surface area contributed by atoms with Crippen LogP contribution in [-0.4, -0.2) is 29.8 Å². The molecule has 0 spiro atoms. The van der Waals surface area contributed by atoms with E-state index in [-0.39, 0.29) is 37.2 Å². The summed E-state index contributed by atoms with van der Waals surface area (Å²) in [4.78, 5) is 26.3. The minimum atomic E-state index is -0.235. The van der Waals surface area contributed by atoms with Crippen LogP contribution in [0.2, 0.25) is 5.02 Å². The third-order valence-electron chi connectivity index (χ3n) is 3.64. The fraction of sp³-hybridized carbons (Fsp3) is 0.263. The van der Waals surface area contributed by atoms with Crippen molar-refractivity contribution in [2.24, 2.45) is 0 Å². The van der Waals surface area contributed by atoms with E-state index in [1.165, 1.54) is 0 Å². The molecule has 0 unspecified atom stereocenters. The van der Waals surface area contributed by atoms with Gasteiger partial charge in [0.15, 0.2) is 0 Å². The van der Waals surface area contributed by atoms with E-state index in [0.29, 0.717) is 22.9 Å². The summed E-state index contributed by atoms with van der Waals surface area (Å²) in [7, 11) is 0. The summed E-state index contributed by atoms with van der Waals surface area (Å²) in [5.74, 6) is -0.320. The summed E-state index contributed by atoms with van der Waals surface area (Å²) in [5.41, 5.74) is 7.84. The normalized spacial score (nSPS) is 9.92. The number of halogens is 2. The Kier molecular flexibility index (Phi) is 8.96. The SMILES string of the molecule is CCCN(CC(=O)Nc1ccc(Cl)cc1)C(=O)Cc1ccc(N)cc1.Cl. The molecule has 26 heavy (non-hydrogen) atoms. The van der Waals surface area contributed by atoms with Gasteiger partial charge in [0.25, 0.3) is 0 Å². The number of benzene rings is 2. The average Bonchev–Trinajstić information content (AvgIpc) is 2.58. The molecule has 0 aliphatic carbocycles. The Balaban J connectivity index is 0.00000338. The highest BCUT2D eigenvalue weighted by molar-refractivity contribution is 6.30. The molecule has 7 heteroatoms. The van der Waals surface area contributed by atoms with Crippen molar-refractivity contribution in [2.75, 3.05) is 24.1 Å². The molecular formula is C19H23Cl2N3O2. The number of nitrogens with two attached hydrogens (primary N) is 1. The zero-order valence-electron chi connectivity index (χ0n) is 14.6. The maximum atomic E-state index is 12.5. The molecule has 2 aromatic carbocycles. The molecule has 140 valence electrons. The highest BCUT2D eigenvalue weighted by atomic mass is 35.5. The summed E-state index contributed by atoms with van der Waals surface area (Å²) in [6, 6.07) is 14.0. The van der Waals surface area contributed by atoms with Crippen molar-refractivity contribution in [3.8, 4) is 0 Å². The second kappa shape index (κ2) is 10.7. The molecule has 0 saturated carbocycles. The van der Waals surface area contributed by atoms with Gasteiger partial charge >= 0.3 is 0 Å². The first-order valence-electron chi connectivity index (χ1n) is 8.15. The van der Waals surface area contributed by atoms with Crippen LogP contribution in [0.3, 0.4) is 0 Å². The minimum absolute atomic E-state index is 0. The first-order chi connectivity index (χ1) is 12.0. The number of hydrogen-bond acceptors (Lipinski definition) is 3. The molecule has 0 aromatic heterocycles. The lowest BCUT2D eigenvalue weighted by Crippen LogP contribution is -2.39. The van der Waals surface area contributed by atoms with Crippen LogP contribution < -0.4 is 11.1 Å². The monoisotopic (exact) mass is 395 g/mol. The largest absolute Gasteiger partial charge is 0.399 e. The molecule has 0 atom stereocenters. The molecule has 2 rings (SSSR count). The van der Waals surface area contributed by atoms with Crippen LogP contribution in [0.4, 0.5) is 11.4 Å². The Morgan fingerprint density at radius 3 is 2.27 bits per heavy atom. The number of carbonyl (C=O) groups excluding carboxylic acids is 2. The quantitative estimate of drug-likeness (QED) is 0.700. The topological polar surface area (TPSA) is 75.4 Å². The second-order valence-corrected chi connectivity index (χ2v) is 6.23. The summed E-state index contributed by atoms with van der Waals surface area (Å²) in [6.07, 6.45) is 1.02. The van der Waals surface area contributed by atoms with Crippen molar-refractivity contribution >= 4 is 47.2 Å². The third kappa shape index (κ3) is 6.94. The number of hydrogen-bond donors (Lipinski definition) is 2. The number of amides is 2. The number of carbonyl (C=O) groups is 2. The van der Waals surface area contributed by atoms with Crippen LogP contribution >= 0.6 is 24.0 Å². The number of rotatable bonds is 7. The summed E-state index contributed by atoms with van der Waals surface area (Å²) in [5, 5.41) is 3.38. The van der Waals surface area contributed by atoms with Gasteiger partial charge < -0.3 is 16.0 Å². The van der Waals surface area contributed by atoms with E-state index in [2.05, 4.69) is 5.32 Å². The minimum Gasteiger partial charge on any atom is -0.399 e. The maximum Gasteiger partial charge on any atom is 0.243 e. The van der Waals surface area contributed by atoms with Crippen LogP contribution in [0.15, 0.2) is 48.5 Å². The van der Waals surface area contributed by atoms with Crippen LogP contribution in [-0.2, 0) is 16.0 Å². The van der Waals surface area contributed by atoms with Crippen LogP contribution in [0.25, 0.3) is 0 Å². The molecule has 0 aliphatic heterocycles. The molecular weight excluding hydrogens is 373 g/mol. The maximum absolute atomic E-state index is 12.5. The van der Waals surface area contributed by atoms with Gasteiger partial charge in [-0.3, -0.25) is 9.59 Å². The Morgan fingerprint density at radius 2 is 1.69 bits per heavy atom. The zero-order valence-corrected chi connectivity index (χ0v) is 16.1. The van der Waals surface area contributed by atoms with Crippen molar-refractivity contribution in [3.05, 3.63) is 59.1 Å². The predicted octanol–water partition coefficient (Wildman–Crippen LogP) is 3.76. The second-order valence-electron chi connectivity index (χ2n) is 5.79. The highest BCUT2D eigenvalue weighted by Gasteiger charge is 2.17. The number of nitrogen functional groups attached to an aromatic ring is 1. The van der Waals surface area contributed by atoms with Crippen LogP contribution in [0.1, 0.15) is 18.9 Å². The molecule has 0 fully saturated rings. The summed E-state index contributed by atoms with van der Waals surface area (Å²) >= 11 is 5.83. The lowest BCUT2D eigenvalue weighted by atomic mass is 10.1. The zero-order chi connectivity index (χ0) is 18.2. The Hall–Kier alpha value is -2.24. The molecule has 0 aliphatic rings. The molecule has 5 nitrogen and oxygen atoms in total. The summed E-state index contributed by atoms with van der Waals surface area (Å²) < 4.78 is 0. The van der Waals surface area contributed by atoms with Gasteiger partial charge in [-0.05, 0) is 48.4 Å². The smallest absolute Gasteiger partial charge is 0.243 e. The van der Waals surface area contributed by atoms with Gasteiger partial charge in [0, 0.05) is 22.9 Å². The van der Waals surface area contributed by atoms with E-state index in [9.17, 15) is 9.59 Å². The first kappa shape index (κ1) is 21.8. The third-order valence-corrected chi connectivity index (χ3v) is 3.90. The van der Waals surface area contributed by atoms with Crippen molar-refractivity contribution < 1.29 is 9.59 Å². The van der Waals surface area contributed by atoms with E-state index in [1.807, 2.05) is 19.1 Å². The van der Waals surface area contributed by atoms with E-state index in [0.717, 1.165) is 12.0 Å². The Labute approximate surface area is 164 Å². The fourth-order valence-electron chi connectivity index (χ4n) is 2.39. The van der Waals surface area contributed by atoms with E-state index in [4.69, 9.17) is 17.3 Å². The van der Waals surface area contributed by atoms with E-state index < -0.39 is 0 Å². The van der Waals surface area contributed by atoms with Gasteiger partial charge in [-0.1, -0.05) is 30.7 Å². The molecule has 3 N–H and O–H groups in total. The lowest BCUT2D eigenvalue weighted by Gasteiger charge is -2.22. The van der Waals surface area contributed by atoms with Gasteiger partial charge in [0.2, 0.25) is 11.8 Å². The van der Waals surface area contributed by atoms with Gasteiger partial charge in [-0.25, -0.2) is 0 Å². The number of anilines is 2. The van der Waals surface area contributed by atoms with Crippen LogP contribution in [0, 0.1) is 0 Å². The molecule has 0 radical (unpaired) electrons. The number of nitrogens with zero attached hydrogens (tertiary/aromatic N) is 1. The Morgan fingerprint density at radius 1 is 1.08 bits per heavy atom. The molecule has 0 bridgehead atoms. The molecule has 2 amide bonds. The van der Waals surface area contributed by atoms with Gasteiger partial charge in [-0.15, -0.1) is 12.4 Å². The lowest BCUT2D eigenvalue weighted by molar-refractivity contribution is -0.134. The van der Waals surface area contributed by atoms with Gasteiger partial charge in [0.1, 0.15) is 0 Å². The standard InChI is InChI=1S/C19H22ClN3O2.ClH/c1-2-11-23(19(25)12-14-3-7-16(21)8-4-14)13-18(24)22-17-9-5-15(20)6-10-17;/h3-10H,2,11-13,21H2,1H3,(H,22,24);1H. The average molecular weight is 396 g/mol. The van der Waals surface area contributed by atoms with Crippen molar-refractivity contribution in [1.82, 2.24) is 4.90 Å². The first-order valence-corrected chi connectivity index (χ1v) is 8.53. The fourth-order valence-corrected chi connectivity index (χ4v) is 2.52. The predicted molar refractivity (Wildman–Crippen MR) is 109 cm³/mol. The summed E-state index contributed by atoms with van der Waals surface area (Å²) in [6.45, 7) is 2.52. The molecule has 0 heterocycles. The highest BCUT2D eigenvalue weighted by Crippen LogP contribution is 2.13. The van der Waals surface area contributed by atoms with E-state index >= 15 is 0 Å². The Bertz CT molecular complexity index is 719. The van der Waals surface area contributed by atoms with Crippen molar-refractivity contribution in [1.29, 1.82) is 0 Å². The molecule has 0 saturated heterocycles. The van der Waals surface area contributed by atoms with Gasteiger partial charge in [0.05, 0.1) is 13.0 Å². The van der Waals surface area contributed by atoms with Gasteiger partial charge in [-0.2, -0.15) is 0 Å². The van der Waals surface area contributed by atoms with Crippen molar-refractivity contribution in [3.63, 3.8) is 0 Å². The van der Waals surface area contributed by atoms with E-state index in [1.54, 1.807) is 41.3 Å².